The van der Waals surface area contributed by atoms with Gasteiger partial charge in [0, 0.05) is 11.6 Å². The first-order chi connectivity index (χ1) is 6.52. The number of benzene rings is 1. The van der Waals surface area contributed by atoms with E-state index in [0.29, 0.717) is 11.1 Å². The normalized spacial score (nSPS) is 10.6. The van der Waals surface area contributed by atoms with Gasteiger partial charge < -0.3 is 15.3 Å². The molecule has 3 N–H and O–H groups in total. The highest BCUT2D eigenvalue weighted by atomic mass is 16.4. The van der Waals surface area contributed by atoms with Gasteiger partial charge in [-0.15, -0.1) is 0 Å². The Hall–Kier alpha value is -1.97. The molecule has 0 spiro atoms. The molecule has 14 heavy (non-hydrogen) atoms. The van der Waals surface area contributed by atoms with Crippen LogP contribution < -0.4 is 0 Å². The zero-order valence-electron chi connectivity index (χ0n) is 7.56. The van der Waals surface area contributed by atoms with Gasteiger partial charge >= 0.3 is 5.97 Å². The third-order valence-electron chi connectivity index (χ3n) is 1.86. The molecule has 1 aromatic carbocycles. The van der Waals surface area contributed by atoms with E-state index in [1.165, 1.54) is 18.2 Å². The monoisotopic (exact) mass is 194 g/mol. The van der Waals surface area contributed by atoms with E-state index in [9.17, 15) is 9.90 Å². The number of hydrogen-bond acceptors (Lipinski definition) is 3. The van der Waals surface area contributed by atoms with Crippen LogP contribution in [0.25, 0.3) is 6.08 Å². The van der Waals surface area contributed by atoms with Gasteiger partial charge in [-0.1, -0.05) is 6.07 Å². The number of carboxylic acid groups (broad SMARTS) is 1. The van der Waals surface area contributed by atoms with E-state index in [-0.39, 0.29) is 11.5 Å². The Morgan fingerprint density at radius 3 is 2.57 bits per heavy atom. The molecule has 0 bridgehead atoms. The molecule has 74 valence electrons. The maximum atomic E-state index is 10.2. The standard InChI is InChI=1S/C10H10O4/c1-6-7(3-5-9(12)13)2-4-8(11)10(6)14/h2-5,11,14H,1H3,(H,12,13). The molecule has 0 aromatic heterocycles. The van der Waals surface area contributed by atoms with E-state index < -0.39 is 5.97 Å². The number of aliphatic carboxylic acids is 1. The molecule has 4 nitrogen and oxygen atoms in total. The van der Waals surface area contributed by atoms with Gasteiger partial charge in [-0.3, -0.25) is 0 Å². The molecule has 0 aliphatic heterocycles. The molecule has 0 fully saturated rings. The maximum absolute atomic E-state index is 10.2. The number of phenolic OH excluding ortho intramolecular Hbond substituents is 2. The second kappa shape index (κ2) is 3.83. The SMILES string of the molecule is Cc1c(C=CC(=O)O)ccc(O)c1O. The van der Waals surface area contributed by atoms with Crippen molar-refractivity contribution in [2.24, 2.45) is 0 Å². The van der Waals surface area contributed by atoms with Gasteiger partial charge in [0.2, 0.25) is 0 Å². The fraction of sp³-hybridized carbons (Fsp3) is 0.100. The average Bonchev–Trinajstić information content (AvgIpc) is 2.13. The predicted octanol–water partition coefficient (Wildman–Crippen LogP) is 1.50. The summed E-state index contributed by atoms with van der Waals surface area (Å²) in [5.74, 6) is -1.50. The molecule has 0 saturated heterocycles. The Bertz CT molecular complexity index is 393. The molecule has 4 heteroatoms. The highest BCUT2D eigenvalue weighted by molar-refractivity contribution is 5.85. The van der Waals surface area contributed by atoms with Crippen molar-refractivity contribution < 1.29 is 20.1 Å². The first kappa shape index (κ1) is 10.1. The van der Waals surface area contributed by atoms with Crippen LogP contribution in [0.4, 0.5) is 0 Å². The van der Waals surface area contributed by atoms with E-state index in [1.807, 2.05) is 0 Å². The zero-order chi connectivity index (χ0) is 10.7. The van der Waals surface area contributed by atoms with Gasteiger partial charge in [0.05, 0.1) is 0 Å². The molecule has 0 atom stereocenters. The summed E-state index contributed by atoms with van der Waals surface area (Å²) in [5, 5.41) is 26.8. The summed E-state index contributed by atoms with van der Waals surface area (Å²) in [6.07, 6.45) is 2.33. The van der Waals surface area contributed by atoms with Gasteiger partial charge in [-0.2, -0.15) is 0 Å². The highest BCUT2D eigenvalue weighted by Crippen LogP contribution is 2.30. The van der Waals surface area contributed by atoms with Crippen LogP contribution in [0, 0.1) is 6.92 Å². The van der Waals surface area contributed by atoms with Crippen LogP contribution in [-0.2, 0) is 4.79 Å². The number of aromatic hydroxyl groups is 2. The lowest BCUT2D eigenvalue weighted by molar-refractivity contribution is -0.131. The molecule has 0 aliphatic carbocycles. The Kier molecular flexibility index (Phi) is 2.76. The summed E-state index contributed by atoms with van der Waals surface area (Å²) >= 11 is 0. The largest absolute Gasteiger partial charge is 0.504 e. The smallest absolute Gasteiger partial charge is 0.328 e. The molecular weight excluding hydrogens is 184 g/mol. The minimum Gasteiger partial charge on any atom is -0.504 e. The van der Waals surface area contributed by atoms with Gasteiger partial charge in [0.1, 0.15) is 0 Å². The lowest BCUT2D eigenvalue weighted by atomic mass is 10.1. The number of hydrogen-bond donors (Lipinski definition) is 3. The van der Waals surface area contributed by atoms with Crippen LogP contribution in [0.15, 0.2) is 18.2 Å². The fourth-order valence-corrected chi connectivity index (χ4v) is 1.04. The summed E-state index contributed by atoms with van der Waals surface area (Å²) in [6, 6.07) is 2.84. The van der Waals surface area contributed by atoms with Crippen molar-refractivity contribution >= 4 is 12.0 Å². The van der Waals surface area contributed by atoms with Crippen molar-refractivity contribution in [3.05, 3.63) is 29.3 Å². The summed E-state index contributed by atoms with van der Waals surface area (Å²) in [4.78, 5) is 10.2. The van der Waals surface area contributed by atoms with Gasteiger partial charge in [0.15, 0.2) is 11.5 Å². The third-order valence-corrected chi connectivity index (χ3v) is 1.86. The molecule has 0 aliphatic rings. The van der Waals surface area contributed by atoms with E-state index in [1.54, 1.807) is 6.92 Å². The van der Waals surface area contributed by atoms with Crippen LogP contribution in [0.3, 0.4) is 0 Å². The van der Waals surface area contributed by atoms with Gasteiger partial charge in [-0.25, -0.2) is 4.79 Å². The van der Waals surface area contributed by atoms with Crippen LogP contribution in [-0.4, -0.2) is 21.3 Å². The van der Waals surface area contributed by atoms with Crippen molar-refractivity contribution in [2.75, 3.05) is 0 Å². The lowest BCUT2D eigenvalue weighted by Crippen LogP contribution is -1.87. The minimum absolute atomic E-state index is 0.213. The molecule has 1 rings (SSSR count). The van der Waals surface area contributed by atoms with Crippen molar-refractivity contribution in [3.8, 4) is 11.5 Å². The molecule has 0 radical (unpaired) electrons. The second-order valence-electron chi connectivity index (χ2n) is 2.82. The van der Waals surface area contributed by atoms with Crippen molar-refractivity contribution in [2.45, 2.75) is 6.92 Å². The Balaban J connectivity index is 3.12. The van der Waals surface area contributed by atoms with Crippen LogP contribution in [0.5, 0.6) is 11.5 Å². The first-order valence-corrected chi connectivity index (χ1v) is 3.95. The van der Waals surface area contributed by atoms with E-state index >= 15 is 0 Å². The van der Waals surface area contributed by atoms with Crippen LogP contribution in [0.2, 0.25) is 0 Å². The zero-order valence-corrected chi connectivity index (χ0v) is 7.56. The Morgan fingerprint density at radius 2 is 2.00 bits per heavy atom. The average molecular weight is 194 g/mol. The van der Waals surface area contributed by atoms with Crippen molar-refractivity contribution in [3.63, 3.8) is 0 Å². The minimum atomic E-state index is -1.06. The first-order valence-electron chi connectivity index (χ1n) is 3.95. The number of carboxylic acids is 1. The number of carbonyl (C=O) groups is 1. The summed E-state index contributed by atoms with van der Waals surface area (Å²) < 4.78 is 0. The maximum Gasteiger partial charge on any atom is 0.328 e. The van der Waals surface area contributed by atoms with E-state index in [0.717, 1.165) is 6.08 Å². The fourth-order valence-electron chi connectivity index (χ4n) is 1.04. The summed E-state index contributed by atoms with van der Waals surface area (Å²) in [5.41, 5.74) is 1.00. The Morgan fingerprint density at radius 1 is 1.36 bits per heavy atom. The molecule has 1 aromatic rings. The molecule has 0 unspecified atom stereocenters. The lowest BCUT2D eigenvalue weighted by Gasteiger charge is -2.04. The van der Waals surface area contributed by atoms with Crippen LogP contribution in [0.1, 0.15) is 11.1 Å². The Labute approximate surface area is 80.7 Å². The third kappa shape index (κ3) is 2.04. The second-order valence-corrected chi connectivity index (χ2v) is 2.82. The van der Waals surface area contributed by atoms with Crippen LogP contribution >= 0.6 is 0 Å². The topological polar surface area (TPSA) is 77.8 Å². The van der Waals surface area contributed by atoms with E-state index in [4.69, 9.17) is 10.2 Å². The van der Waals surface area contributed by atoms with Crippen molar-refractivity contribution in [1.82, 2.24) is 0 Å². The van der Waals surface area contributed by atoms with Gasteiger partial charge in [0.25, 0.3) is 0 Å². The highest BCUT2D eigenvalue weighted by Gasteiger charge is 2.05. The molecule has 0 saturated carbocycles. The number of rotatable bonds is 2. The predicted molar refractivity (Wildman–Crippen MR) is 51.2 cm³/mol. The van der Waals surface area contributed by atoms with E-state index in [2.05, 4.69) is 0 Å². The summed E-state index contributed by atoms with van der Waals surface area (Å²) in [6.45, 7) is 1.59. The van der Waals surface area contributed by atoms with Gasteiger partial charge in [-0.05, 0) is 24.6 Å². The molecule has 0 heterocycles. The van der Waals surface area contributed by atoms with Crippen molar-refractivity contribution in [1.29, 1.82) is 0 Å². The molecular formula is C10H10O4. The molecule has 0 amide bonds. The summed E-state index contributed by atoms with van der Waals surface area (Å²) in [7, 11) is 0. The number of phenols is 2. The quantitative estimate of drug-likeness (QED) is 0.492.